The van der Waals surface area contributed by atoms with Gasteiger partial charge in [0, 0.05) is 12.0 Å². The highest BCUT2D eigenvalue weighted by Gasteiger charge is 2.36. The van der Waals surface area contributed by atoms with Crippen LogP contribution in [-0.2, 0) is 0 Å². The predicted molar refractivity (Wildman–Crippen MR) is 48.3 cm³/mol. The number of ether oxygens (including phenoxy) is 1. The van der Waals surface area contributed by atoms with Crippen LogP contribution in [0.2, 0.25) is 0 Å². The zero-order valence-electron chi connectivity index (χ0n) is 7.16. The maximum Gasteiger partial charge on any atom is 0.122 e. The zero-order valence-corrected chi connectivity index (χ0v) is 7.16. The van der Waals surface area contributed by atoms with Gasteiger partial charge in [-0.1, -0.05) is 18.2 Å². The Morgan fingerprint density at radius 3 is 2.67 bits per heavy atom. The first-order valence-electron chi connectivity index (χ1n) is 4.21. The molecule has 2 N–H and O–H groups in total. The third-order valence-electron chi connectivity index (χ3n) is 2.38. The fraction of sp³-hybridized carbons (Fsp3) is 0.400. The fourth-order valence-corrected chi connectivity index (χ4v) is 1.55. The van der Waals surface area contributed by atoms with E-state index in [0.717, 1.165) is 12.2 Å². The van der Waals surface area contributed by atoms with Crippen molar-refractivity contribution in [3.63, 3.8) is 0 Å². The molecule has 64 valence electrons. The molecule has 1 aliphatic carbocycles. The number of hydrogen-bond acceptors (Lipinski definition) is 2. The molecule has 1 aromatic rings. The van der Waals surface area contributed by atoms with Crippen LogP contribution in [0.4, 0.5) is 0 Å². The topological polar surface area (TPSA) is 35.2 Å². The summed E-state index contributed by atoms with van der Waals surface area (Å²) in [5.74, 6) is 1.50. The Labute approximate surface area is 72.3 Å². The van der Waals surface area contributed by atoms with Crippen molar-refractivity contribution >= 4 is 0 Å². The highest BCUT2D eigenvalue weighted by atomic mass is 16.5. The average Bonchev–Trinajstić information content (AvgIpc) is 2.83. The van der Waals surface area contributed by atoms with Crippen LogP contribution >= 0.6 is 0 Å². The Bertz CT molecular complexity index is 285. The molecule has 12 heavy (non-hydrogen) atoms. The summed E-state index contributed by atoms with van der Waals surface area (Å²) in [6.45, 7) is 0. The Balaban J connectivity index is 2.29. The molecule has 1 saturated carbocycles. The van der Waals surface area contributed by atoms with E-state index in [1.165, 1.54) is 5.56 Å². The third-order valence-corrected chi connectivity index (χ3v) is 2.38. The molecule has 0 aromatic heterocycles. The van der Waals surface area contributed by atoms with Crippen molar-refractivity contribution in [1.82, 2.24) is 0 Å². The van der Waals surface area contributed by atoms with Crippen LogP contribution in [0.3, 0.4) is 0 Å². The quantitative estimate of drug-likeness (QED) is 0.717. The molecule has 0 saturated heterocycles. The first kappa shape index (κ1) is 7.62. The van der Waals surface area contributed by atoms with Gasteiger partial charge in [0.15, 0.2) is 0 Å². The number of nitrogens with two attached hydrogens (primary N) is 1. The molecule has 1 aliphatic rings. The van der Waals surface area contributed by atoms with Crippen molar-refractivity contribution in [2.75, 3.05) is 7.11 Å². The van der Waals surface area contributed by atoms with Crippen LogP contribution in [-0.4, -0.2) is 13.2 Å². The van der Waals surface area contributed by atoms with E-state index in [-0.39, 0.29) is 0 Å². The Morgan fingerprint density at radius 1 is 1.42 bits per heavy atom. The molecule has 0 radical (unpaired) electrons. The van der Waals surface area contributed by atoms with E-state index >= 15 is 0 Å². The van der Waals surface area contributed by atoms with E-state index in [0.29, 0.717) is 12.0 Å². The van der Waals surface area contributed by atoms with Crippen molar-refractivity contribution in [1.29, 1.82) is 0 Å². The lowest BCUT2D eigenvalue weighted by molar-refractivity contribution is 0.409. The second-order valence-electron chi connectivity index (χ2n) is 3.25. The van der Waals surface area contributed by atoms with E-state index < -0.39 is 0 Å². The Morgan fingerprint density at radius 2 is 2.08 bits per heavy atom. The highest BCUT2D eigenvalue weighted by molar-refractivity contribution is 5.40. The first-order valence-corrected chi connectivity index (χ1v) is 4.21. The van der Waals surface area contributed by atoms with Crippen molar-refractivity contribution < 1.29 is 4.74 Å². The second-order valence-corrected chi connectivity index (χ2v) is 3.25. The van der Waals surface area contributed by atoms with Gasteiger partial charge in [-0.05, 0) is 18.1 Å². The summed E-state index contributed by atoms with van der Waals surface area (Å²) in [5, 5.41) is 0. The molecule has 0 aliphatic heterocycles. The summed E-state index contributed by atoms with van der Waals surface area (Å²) in [4.78, 5) is 0. The van der Waals surface area contributed by atoms with Crippen molar-refractivity contribution in [3.8, 4) is 5.75 Å². The fourth-order valence-electron chi connectivity index (χ4n) is 1.55. The molecule has 0 heterocycles. The summed E-state index contributed by atoms with van der Waals surface area (Å²) >= 11 is 0. The van der Waals surface area contributed by atoms with Crippen LogP contribution in [0, 0.1) is 0 Å². The average molecular weight is 163 g/mol. The van der Waals surface area contributed by atoms with Gasteiger partial charge in [-0.3, -0.25) is 0 Å². The maximum absolute atomic E-state index is 5.77. The van der Waals surface area contributed by atoms with Crippen LogP contribution < -0.4 is 10.5 Å². The molecule has 1 aromatic carbocycles. The van der Waals surface area contributed by atoms with Crippen molar-refractivity contribution in [3.05, 3.63) is 29.8 Å². The molecule has 1 fully saturated rings. The van der Waals surface area contributed by atoms with E-state index in [9.17, 15) is 0 Å². The van der Waals surface area contributed by atoms with Gasteiger partial charge in [0.25, 0.3) is 0 Å². The first-order chi connectivity index (χ1) is 5.83. The number of para-hydroxylation sites is 1. The largest absolute Gasteiger partial charge is 0.496 e. The molecule has 2 heteroatoms. The van der Waals surface area contributed by atoms with E-state index in [1.54, 1.807) is 7.11 Å². The standard InChI is InChI=1S/C10H13NO/c1-12-10-5-3-2-4-7(10)8-6-9(8)11/h2-5,8-9H,6,11H2,1H3/t8-,9-/m0/s1. The monoisotopic (exact) mass is 163 g/mol. The van der Waals surface area contributed by atoms with Gasteiger partial charge in [-0.15, -0.1) is 0 Å². The lowest BCUT2D eigenvalue weighted by atomic mass is 10.1. The van der Waals surface area contributed by atoms with Gasteiger partial charge in [0.05, 0.1) is 7.11 Å². The molecular weight excluding hydrogens is 150 g/mol. The lowest BCUT2D eigenvalue weighted by Gasteiger charge is -2.05. The Kier molecular flexibility index (Phi) is 1.77. The number of hydrogen-bond donors (Lipinski definition) is 1. The minimum Gasteiger partial charge on any atom is -0.496 e. The van der Waals surface area contributed by atoms with Gasteiger partial charge in [-0.2, -0.15) is 0 Å². The third kappa shape index (κ3) is 1.18. The van der Waals surface area contributed by atoms with E-state index in [1.807, 2.05) is 18.2 Å². The minimum absolute atomic E-state index is 0.348. The SMILES string of the molecule is COc1ccccc1[C@@H]1C[C@@H]1N. The van der Waals surface area contributed by atoms with Crippen LogP contribution in [0.1, 0.15) is 17.9 Å². The minimum atomic E-state index is 0.348. The zero-order chi connectivity index (χ0) is 8.55. The van der Waals surface area contributed by atoms with E-state index in [2.05, 4.69) is 6.07 Å². The molecule has 2 nitrogen and oxygen atoms in total. The number of benzene rings is 1. The Hall–Kier alpha value is -1.02. The predicted octanol–water partition coefficient (Wildman–Crippen LogP) is 1.51. The molecule has 2 atom stereocenters. The highest BCUT2D eigenvalue weighted by Crippen LogP contribution is 2.42. The van der Waals surface area contributed by atoms with Gasteiger partial charge >= 0.3 is 0 Å². The van der Waals surface area contributed by atoms with Crippen LogP contribution in [0.25, 0.3) is 0 Å². The van der Waals surface area contributed by atoms with E-state index in [4.69, 9.17) is 10.5 Å². The summed E-state index contributed by atoms with van der Waals surface area (Å²) in [6.07, 6.45) is 1.10. The van der Waals surface area contributed by atoms with Gasteiger partial charge in [-0.25, -0.2) is 0 Å². The summed E-state index contributed by atoms with van der Waals surface area (Å²) in [7, 11) is 1.70. The molecule has 0 bridgehead atoms. The maximum atomic E-state index is 5.77. The summed E-state index contributed by atoms with van der Waals surface area (Å²) in [6, 6.07) is 8.44. The summed E-state index contributed by atoms with van der Waals surface area (Å²) in [5.41, 5.74) is 7.02. The van der Waals surface area contributed by atoms with Gasteiger partial charge in [0.1, 0.15) is 5.75 Å². The molecule has 0 amide bonds. The second kappa shape index (κ2) is 2.79. The molecule has 0 spiro atoms. The van der Waals surface area contributed by atoms with Crippen molar-refractivity contribution in [2.24, 2.45) is 5.73 Å². The number of methoxy groups -OCH3 is 1. The molecule has 0 unspecified atom stereocenters. The number of rotatable bonds is 2. The summed E-state index contributed by atoms with van der Waals surface area (Å²) < 4.78 is 5.24. The lowest BCUT2D eigenvalue weighted by Crippen LogP contribution is -2.01. The normalized spacial score (nSPS) is 26.8. The smallest absolute Gasteiger partial charge is 0.122 e. The van der Waals surface area contributed by atoms with Gasteiger partial charge < -0.3 is 10.5 Å². The molecule has 2 rings (SSSR count). The molecular formula is C10H13NO. The van der Waals surface area contributed by atoms with Gasteiger partial charge in [0.2, 0.25) is 0 Å². The van der Waals surface area contributed by atoms with Crippen molar-refractivity contribution in [2.45, 2.75) is 18.4 Å². The van der Waals surface area contributed by atoms with Crippen LogP contribution in [0.15, 0.2) is 24.3 Å². The van der Waals surface area contributed by atoms with Crippen LogP contribution in [0.5, 0.6) is 5.75 Å².